The maximum absolute atomic E-state index is 12.0. The summed E-state index contributed by atoms with van der Waals surface area (Å²) >= 11 is 1.29. The van der Waals surface area contributed by atoms with E-state index < -0.39 is 5.97 Å². The smallest absolute Gasteiger partial charge is 0.379 e. The van der Waals surface area contributed by atoms with E-state index in [9.17, 15) is 9.59 Å². The largest absolute Gasteiger partial charge is 0.490 e. The van der Waals surface area contributed by atoms with Gasteiger partial charge in [-0.15, -0.1) is 5.10 Å². The minimum absolute atomic E-state index is 0.0923. The molecular weight excluding hydrogens is 358 g/mol. The van der Waals surface area contributed by atoms with Gasteiger partial charge in [0.2, 0.25) is 11.7 Å². The van der Waals surface area contributed by atoms with E-state index in [1.165, 1.54) is 30.3 Å². The highest BCUT2D eigenvalue weighted by molar-refractivity contribution is 8.15. The van der Waals surface area contributed by atoms with Crippen molar-refractivity contribution in [3.63, 3.8) is 0 Å². The summed E-state index contributed by atoms with van der Waals surface area (Å²) in [5, 5.41) is 10.9. The van der Waals surface area contributed by atoms with Gasteiger partial charge in [-0.1, -0.05) is 11.8 Å². The van der Waals surface area contributed by atoms with E-state index in [1.54, 1.807) is 24.3 Å². The maximum Gasteiger partial charge on any atom is 0.379 e. The Morgan fingerprint density at radius 2 is 2.27 bits per heavy atom. The van der Waals surface area contributed by atoms with Crippen LogP contribution in [0, 0.1) is 0 Å². The van der Waals surface area contributed by atoms with E-state index in [0.29, 0.717) is 28.8 Å². The van der Waals surface area contributed by atoms with Gasteiger partial charge in [-0.25, -0.2) is 4.79 Å². The van der Waals surface area contributed by atoms with Gasteiger partial charge in [0.15, 0.2) is 16.7 Å². The molecule has 1 aliphatic rings. The molecule has 26 heavy (non-hydrogen) atoms. The Kier molecular flexibility index (Phi) is 5.69. The summed E-state index contributed by atoms with van der Waals surface area (Å²) < 4.78 is 15.9. The van der Waals surface area contributed by atoms with Crippen molar-refractivity contribution in [2.24, 2.45) is 10.2 Å². The van der Waals surface area contributed by atoms with E-state index in [4.69, 9.17) is 13.9 Å². The predicted molar refractivity (Wildman–Crippen MR) is 96.9 cm³/mol. The third kappa shape index (κ3) is 4.51. The summed E-state index contributed by atoms with van der Waals surface area (Å²) in [6, 6.07) is 8.11. The second-order valence-corrected chi connectivity index (χ2v) is 5.96. The molecule has 2 heterocycles. The van der Waals surface area contributed by atoms with Crippen molar-refractivity contribution in [1.82, 2.24) is 5.32 Å². The molecule has 1 saturated heterocycles. The molecule has 1 fully saturated rings. The van der Waals surface area contributed by atoms with Crippen molar-refractivity contribution in [2.75, 3.05) is 12.4 Å². The van der Waals surface area contributed by atoms with Gasteiger partial charge in [0, 0.05) is 0 Å². The van der Waals surface area contributed by atoms with Crippen LogP contribution in [0.15, 0.2) is 51.2 Å². The fourth-order valence-corrected chi connectivity index (χ4v) is 2.66. The van der Waals surface area contributed by atoms with Gasteiger partial charge in [-0.2, -0.15) is 5.10 Å². The number of amidine groups is 1. The van der Waals surface area contributed by atoms with Crippen molar-refractivity contribution in [2.45, 2.75) is 6.92 Å². The summed E-state index contributed by atoms with van der Waals surface area (Å²) in [7, 11) is 0. The van der Waals surface area contributed by atoms with Crippen molar-refractivity contribution in [3.05, 3.63) is 47.9 Å². The van der Waals surface area contributed by atoms with E-state index >= 15 is 0 Å². The Balaban J connectivity index is 1.73. The van der Waals surface area contributed by atoms with Crippen molar-refractivity contribution < 1.29 is 23.5 Å². The van der Waals surface area contributed by atoms with Gasteiger partial charge in [-0.3, -0.25) is 4.79 Å². The number of nitrogens with zero attached hydrogens (tertiary/aromatic N) is 2. The van der Waals surface area contributed by atoms with Crippen molar-refractivity contribution in [3.8, 4) is 11.5 Å². The molecule has 0 radical (unpaired) electrons. The molecule has 9 heteroatoms. The molecule has 1 aliphatic heterocycles. The number of benzene rings is 1. The minimum Gasteiger partial charge on any atom is -0.490 e. The summed E-state index contributed by atoms with van der Waals surface area (Å²) in [6.45, 7) is 2.22. The lowest BCUT2D eigenvalue weighted by atomic mass is 10.2. The van der Waals surface area contributed by atoms with Crippen LogP contribution >= 0.6 is 11.8 Å². The second-order valence-electron chi connectivity index (χ2n) is 4.99. The number of rotatable bonds is 6. The molecule has 2 aromatic rings. The van der Waals surface area contributed by atoms with Crippen LogP contribution in [0.3, 0.4) is 0 Å². The zero-order valence-electron chi connectivity index (χ0n) is 13.8. The van der Waals surface area contributed by atoms with Crippen LogP contribution in [-0.2, 0) is 4.79 Å². The van der Waals surface area contributed by atoms with Crippen molar-refractivity contribution in [1.29, 1.82) is 0 Å². The molecule has 1 aromatic heterocycles. The van der Waals surface area contributed by atoms with Gasteiger partial charge in [0.25, 0.3) is 0 Å². The lowest BCUT2D eigenvalue weighted by Crippen LogP contribution is -2.19. The van der Waals surface area contributed by atoms with Crippen molar-refractivity contribution >= 4 is 35.0 Å². The predicted octanol–water partition coefficient (Wildman–Crippen LogP) is 2.45. The second kappa shape index (κ2) is 8.34. The highest BCUT2D eigenvalue weighted by Gasteiger charge is 2.16. The molecule has 0 atom stereocenters. The van der Waals surface area contributed by atoms with Crippen LogP contribution in [0.4, 0.5) is 0 Å². The third-order valence-corrected chi connectivity index (χ3v) is 4.00. The molecule has 0 saturated carbocycles. The number of furan rings is 1. The van der Waals surface area contributed by atoms with Gasteiger partial charge < -0.3 is 19.2 Å². The highest BCUT2D eigenvalue weighted by Crippen LogP contribution is 2.29. The Morgan fingerprint density at radius 3 is 2.96 bits per heavy atom. The number of hydrogen-bond donors (Lipinski definition) is 1. The number of hydrogen-bond acceptors (Lipinski definition) is 8. The Hall–Kier alpha value is -3.07. The fourth-order valence-electron chi connectivity index (χ4n) is 2.03. The Morgan fingerprint density at radius 1 is 1.38 bits per heavy atom. The molecule has 1 aromatic carbocycles. The minimum atomic E-state index is -0.613. The number of nitrogens with one attached hydrogen (secondary N) is 1. The quantitative estimate of drug-likeness (QED) is 0.361. The number of carbonyl (C=O) groups is 2. The number of esters is 1. The monoisotopic (exact) mass is 373 g/mol. The zero-order valence-corrected chi connectivity index (χ0v) is 14.6. The standard InChI is InChI=1S/C17H15N3O5S/c1-2-23-14-8-11(9-18-20-17-19-15(21)10-26-17)5-6-12(14)25-16(22)13-4-3-7-24-13/h3-9H,2,10H2,1H3,(H,19,20,21). The molecule has 0 bridgehead atoms. The molecule has 0 unspecified atom stereocenters. The Bertz CT molecular complexity index is 861. The molecular formula is C17H15N3O5S. The van der Waals surface area contributed by atoms with Gasteiger partial charge in [-0.05, 0) is 42.8 Å². The molecule has 0 aliphatic carbocycles. The normalized spacial score (nSPS) is 15.4. The number of thioether (sulfide) groups is 1. The first-order chi connectivity index (χ1) is 12.7. The van der Waals surface area contributed by atoms with Gasteiger partial charge in [0.05, 0.1) is 24.8 Å². The highest BCUT2D eigenvalue weighted by atomic mass is 32.2. The first-order valence-corrected chi connectivity index (χ1v) is 8.70. The fraction of sp³-hybridized carbons (Fsp3) is 0.176. The molecule has 8 nitrogen and oxygen atoms in total. The number of carbonyl (C=O) groups excluding carboxylic acids is 2. The van der Waals surface area contributed by atoms with Crippen LogP contribution in [-0.4, -0.2) is 35.6 Å². The number of ether oxygens (including phenoxy) is 2. The van der Waals surface area contributed by atoms with Crippen LogP contribution in [0.25, 0.3) is 0 Å². The SMILES string of the molecule is CCOc1cc(C=NN=C2NC(=O)CS2)ccc1OC(=O)c1ccco1. The van der Waals surface area contributed by atoms with Crippen LogP contribution in [0.5, 0.6) is 11.5 Å². The first-order valence-electron chi connectivity index (χ1n) is 7.72. The van der Waals surface area contributed by atoms with Crippen LogP contribution in [0.2, 0.25) is 0 Å². The Labute approximate surface area is 153 Å². The van der Waals surface area contributed by atoms with Gasteiger partial charge >= 0.3 is 5.97 Å². The van der Waals surface area contributed by atoms with Crippen LogP contribution < -0.4 is 14.8 Å². The molecule has 1 amide bonds. The first kappa shape index (κ1) is 17.7. The topological polar surface area (TPSA) is 102 Å². The molecule has 0 spiro atoms. The summed E-state index contributed by atoms with van der Waals surface area (Å²) in [5.74, 6) is 0.412. The summed E-state index contributed by atoms with van der Waals surface area (Å²) in [5.41, 5.74) is 0.699. The summed E-state index contributed by atoms with van der Waals surface area (Å²) in [4.78, 5) is 23.1. The van der Waals surface area contributed by atoms with E-state index in [-0.39, 0.29) is 17.4 Å². The molecule has 134 valence electrons. The molecule has 1 N–H and O–H groups in total. The summed E-state index contributed by atoms with van der Waals surface area (Å²) in [6.07, 6.45) is 2.91. The average Bonchev–Trinajstić information content (AvgIpc) is 3.29. The van der Waals surface area contributed by atoms with Crippen LogP contribution in [0.1, 0.15) is 23.0 Å². The van der Waals surface area contributed by atoms with E-state index in [2.05, 4.69) is 15.5 Å². The lowest BCUT2D eigenvalue weighted by molar-refractivity contribution is -0.116. The third-order valence-electron chi connectivity index (χ3n) is 3.13. The van der Waals surface area contributed by atoms with E-state index in [1.807, 2.05) is 6.92 Å². The van der Waals surface area contributed by atoms with E-state index in [0.717, 1.165) is 0 Å². The zero-order chi connectivity index (χ0) is 18.4. The average molecular weight is 373 g/mol. The molecule has 3 rings (SSSR count). The van der Waals surface area contributed by atoms with Gasteiger partial charge in [0.1, 0.15) is 0 Å². The lowest BCUT2D eigenvalue weighted by Gasteiger charge is -2.10. The maximum atomic E-state index is 12.0. The number of amides is 1.